The van der Waals surface area contributed by atoms with E-state index in [-0.39, 0.29) is 41.4 Å². The molecule has 380 valence electrons. The van der Waals surface area contributed by atoms with Crippen molar-refractivity contribution in [3.63, 3.8) is 0 Å². The highest BCUT2D eigenvalue weighted by Crippen LogP contribution is 2.64. The molecule has 12 aliphatic heterocycles. The van der Waals surface area contributed by atoms with E-state index >= 15 is 0 Å². The van der Waals surface area contributed by atoms with Crippen LogP contribution in [0.4, 0.5) is 0 Å². The molecule has 15 rings (SSSR count). The maximum atomic E-state index is 6.83. The second kappa shape index (κ2) is 17.2. The molecule has 3 aliphatic carbocycles. The highest BCUT2D eigenvalue weighted by Gasteiger charge is 2.72. The van der Waals surface area contributed by atoms with Gasteiger partial charge in [0, 0.05) is 54.8 Å². The molecule has 0 amide bonds. The van der Waals surface area contributed by atoms with Gasteiger partial charge in [-0.05, 0) is 139 Å². The fourth-order valence-electron chi connectivity index (χ4n) is 16.7. The number of ether oxygens (including phenoxy) is 9. The first-order valence-corrected chi connectivity index (χ1v) is 27.1. The lowest BCUT2D eigenvalue weighted by Crippen LogP contribution is -2.70. The third-order valence-corrected chi connectivity index (χ3v) is 20.7. The van der Waals surface area contributed by atoms with Gasteiger partial charge < -0.3 is 42.6 Å². The fraction of sp³-hybridized carbons (Fsp3) is 1.00. The molecule has 3 saturated carbocycles. The molecule has 12 heterocycles. The Morgan fingerprint density at radius 1 is 0.388 bits per heavy atom. The van der Waals surface area contributed by atoms with Gasteiger partial charge in [-0.25, -0.2) is 29.3 Å². The molecule has 15 aliphatic rings. The van der Waals surface area contributed by atoms with Crippen molar-refractivity contribution < 1.29 is 72.0 Å². The summed E-state index contributed by atoms with van der Waals surface area (Å²) in [5.74, 6) is 1.10. The smallest absolute Gasteiger partial charge is 0.201 e. The predicted molar refractivity (Wildman–Crippen MR) is 236 cm³/mol. The molecule has 15 fully saturated rings. The van der Waals surface area contributed by atoms with E-state index < -0.39 is 71.9 Å². The van der Waals surface area contributed by atoms with Crippen LogP contribution in [0.2, 0.25) is 0 Å². The molecular formula is C52H82O15. The van der Waals surface area contributed by atoms with E-state index in [1.54, 1.807) is 0 Å². The molecule has 0 radical (unpaired) electrons. The Bertz CT molecular complexity index is 1610. The summed E-state index contributed by atoms with van der Waals surface area (Å²) in [6.07, 6.45) is 11.4. The van der Waals surface area contributed by atoms with Crippen molar-refractivity contribution in [1.82, 2.24) is 0 Å². The van der Waals surface area contributed by atoms with Crippen LogP contribution in [0.3, 0.4) is 0 Å². The molecule has 24 atom stereocenters. The van der Waals surface area contributed by atoms with Crippen molar-refractivity contribution in [2.45, 2.75) is 231 Å². The van der Waals surface area contributed by atoms with Gasteiger partial charge in [0.25, 0.3) is 0 Å². The molecular weight excluding hydrogens is 865 g/mol. The average molecular weight is 947 g/mol. The van der Waals surface area contributed by atoms with E-state index in [0.29, 0.717) is 55.3 Å². The van der Waals surface area contributed by atoms with Gasteiger partial charge in [-0.1, -0.05) is 41.5 Å². The maximum absolute atomic E-state index is 6.83. The monoisotopic (exact) mass is 947 g/mol. The lowest BCUT2D eigenvalue weighted by molar-refractivity contribution is -0.577. The van der Waals surface area contributed by atoms with Gasteiger partial charge >= 0.3 is 0 Å². The van der Waals surface area contributed by atoms with E-state index in [1.165, 1.54) is 0 Å². The van der Waals surface area contributed by atoms with Crippen molar-refractivity contribution in [2.75, 3.05) is 19.8 Å². The summed E-state index contributed by atoms with van der Waals surface area (Å²) in [7, 11) is 0. The van der Waals surface area contributed by atoms with Crippen LogP contribution in [0.5, 0.6) is 0 Å². The molecule has 3 spiro atoms. The first-order chi connectivity index (χ1) is 32.1. The molecule has 0 aromatic rings. The Morgan fingerprint density at radius 3 is 0.985 bits per heavy atom. The second-order valence-electron chi connectivity index (χ2n) is 24.7. The average Bonchev–Trinajstić information content (AvgIpc) is 3.78. The zero-order chi connectivity index (χ0) is 46.3. The first kappa shape index (κ1) is 47.4. The minimum absolute atomic E-state index is 0.105. The van der Waals surface area contributed by atoms with Gasteiger partial charge in [0.1, 0.15) is 0 Å². The lowest BCUT2D eigenvalue weighted by Gasteiger charge is -2.60. The van der Waals surface area contributed by atoms with Crippen LogP contribution in [0.15, 0.2) is 0 Å². The molecule has 12 saturated heterocycles. The molecule has 3 unspecified atom stereocenters. The van der Waals surface area contributed by atoms with Crippen LogP contribution in [-0.4, -0.2) is 91.7 Å². The van der Waals surface area contributed by atoms with Crippen molar-refractivity contribution in [2.24, 2.45) is 76.9 Å². The molecule has 0 N–H and O–H groups in total. The zero-order valence-electron chi connectivity index (χ0n) is 41.8. The van der Waals surface area contributed by atoms with Crippen LogP contribution >= 0.6 is 0 Å². The Morgan fingerprint density at radius 2 is 0.687 bits per heavy atom. The summed E-state index contributed by atoms with van der Waals surface area (Å²) in [6.45, 7) is 21.3. The quantitative estimate of drug-likeness (QED) is 0.172. The SMILES string of the molecule is C[C@@H]1CC[C@H]2[C@@H](C)C(OCCC(CCOC3O[C@@H]4O[C@@]5(C)CC[C@H]6[C@H](C)CC[C@@H]([C@H]3C)[C@@]46OO5)CCOC3O[C@@H]4O[C@]5(C)CC[C@H]6[C@H](C)CC[C@@H]([C@H]3C)[C@@]46OO5)O[C@@H]3O[C@@]4(C)CC[C@@H]1[C@]32OO4. The van der Waals surface area contributed by atoms with Crippen LogP contribution < -0.4 is 0 Å². The van der Waals surface area contributed by atoms with Gasteiger partial charge in [0.05, 0.1) is 19.8 Å². The first-order valence-electron chi connectivity index (χ1n) is 27.1. The van der Waals surface area contributed by atoms with E-state index in [9.17, 15) is 0 Å². The largest absolute Gasteiger partial charge is 0.352 e. The van der Waals surface area contributed by atoms with Gasteiger partial charge in [0.2, 0.25) is 17.4 Å². The number of fused-ring (bicyclic) bond motifs is 6. The Hall–Kier alpha value is -0.600. The maximum Gasteiger partial charge on any atom is 0.201 e. The molecule has 15 nitrogen and oxygen atoms in total. The number of hydrogen-bond acceptors (Lipinski definition) is 15. The summed E-state index contributed by atoms with van der Waals surface area (Å²) in [4.78, 5) is 37.5. The van der Waals surface area contributed by atoms with Crippen molar-refractivity contribution in [1.29, 1.82) is 0 Å². The predicted octanol–water partition coefficient (Wildman–Crippen LogP) is 9.45. The fourth-order valence-corrected chi connectivity index (χ4v) is 16.7. The van der Waals surface area contributed by atoms with Crippen LogP contribution in [-0.2, 0) is 72.0 Å². The molecule has 67 heavy (non-hydrogen) atoms. The van der Waals surface area contributed by atoms with E-state index in [1.807, 2.05) is 20.8 Å². The summed E-state index contributed by atoms with van der Waals surface area (Å²) in [5.41, 5.74) is -1.86. The van der Waals surface area contributed by atoms with Gasteiger partial charge in [0.15, 0.2) is 54.5 Å². The molecule has 0 aromatic heterocycles. The van der Waals surface area contributed by atoms with Crippen LogP contribution in [0.1, 0.15) is 159 Å². The zero-order valence-corrected chi connectivity index (χ0v) is 41.8. The second-order valence-corrected chi connectivity index (χ2v) is 24.7. The summed E-state index contributed by atoms with van der Waals surface area (Å²) < 4.78 is 60.9. The van der Waals surface area contributed by atoms with Crippen LogP contribution in [0, 0.1) is 76.9 Å². The summed E-state index contributed by atoms with van der Waals surface area (Å²) >= 11 is 0. The van der Waals surface area contributed by atoms with E-state index in [4.69, 9.17) is 72.0 Å². The van der Waals surface area contributed by atoms with E-state index in [0.717, 1.165) is 96.3 Å². The Balaban J connectivity index is 0.730. The molecule has 15 heteroatoms. The van der Waals surface area contributed by atoms with Gasteiger partial charge in [-0.2, -0.15) is 0 Å². The topological polar surface area (TPSA) is 138 Å². The molecule has 6 bridgehead atoms. The Kier molecular flexibility index (Phi) is 12.2. The standard InChI is InChI=1S/C52H82O15/c1-28-10-13-38-31(4)41(56-44-50(38)35(28)16-22-47(7,59-44)62-65-50)53-25-19-34(20-26-54-42-32(5)39-14-11-29(2)36-17-23-48(8)60-45(57-42)51(36,39)66-63-48)21-27-55-43-33(6)40-15-12-30(3)37-18-24-49(9)61-46(58-43)52(37,40)67-64-49/h28-46H,10-27H2,1-9H3/t28-,29-,30-,31-,32-,33-,34?,35+,36+,37+,38+,39+,40+,41?,42?,43?,44-,45-,46-,47-,48-,49+,50-,51-,52-/m1/s1. The minimum Gasteiger partial charge on any atom is -0.352 e. The molecule has 0 aromatic carbocycles. The van der Waals surface area contributed by atoms with Gasteiger partial charge in [-0.3, -0.25) is 0 Å². The van der Waals surface area contributed by atoms with Crippen molar-refractivity contribution in [3.05, 3.63) is 0 Å². The Labute approximate surface area is 398 Å². The number of rotatable bonds is 12. The number of hydrogen-bond donors (Lipinski definition) is 0. The summed E-state index contributed by atoms with van der Waals surface area (Å²) in [5, 5.41) is 0. The van der Waals surface area contributed by atoms with Gasteiger partial charge in [-0.15, -0.1) is 0 Å². The normalized spacial score (nSPS) is 57.6. The van der Waals surface area contributed by atoms with Crippen molar-refractivity contribution >= 4 is 0 Å². The highest BCUT2D eigenvalue weighted by molar-refractivity contribution is 5.12. The highest BCUT2D eigenvalue weighted by atomic mass is 17.3. The van der Waals surface area contributed by atoms with Crippen molar-refractivity contribution in [3.8, 4) is 0 Å². The third kappa shape index (κ3) is 7.41. The van der Waals surface area contributed by atoms with Crippen LogP contribution in [0.25, 0.3) is 0 Å². The summed E-state index contributed by atoms with van der Waals surface area (Å²) in [6, 6.07) is 0. The van der Waals surface area contributed by atoms with E-state index in [2.05, 4.69) is 41.5 Å². The lowest BCUT2D eigenvalue weighted by atomic mass is 9.58. The third-order valence-electron chi connectivity index (χ3n) is 20.7. The minimum atomic E-state index is -0.830.